The van der Waals surface area contributed by atoms with E-state index in [9.17, 15) is 4.79 Å². The summed E-state index contributed by atoms with van der Waals surface area (Å²) in [6, 6.07) is 5.80. The predicted molar refractivity (Wildman–Crippen MR) is 105 cm³/mol. The molecule has 6 nitrogen and oxygen atoms in total. The molecule has 25 heavy (non-hydrogen) atoms. The van der Waals surface area contributed by atoms with Crippen molar-refractivity contribution in [3.63, 3.8) is 0 Å². The largest absolute Gasteiger partial charge is 0.329 e. The molecule has 0 spiro atoms. The van der Waals surface area contributed by atoms with Crippen LogP contribution in [0.5, 0.6) is 0 Å². The molecule has 0 aromatic carbocycles. The number of hydrogen-bond acceptors (Lipinski definition) is 4. The molecule has 0 saturated heterocycles. The smallest absolute Gasteiger partial charge is 0.233 e. The van der Waals surface area contributed by atoms with Crippen LogP contribution in [-0.2, 0) is 17.8 Å². The zero-order chi connectivity index (χ0) is 16.7. The number of halogens is 2. The van der Waals surface area contributed by atoms with Crippen LogP contribution >= 0.6 is 24.8 Å². The lowest BCUT2D eigenvalue weighted by atomic mass is 9.81. The SMILES string of the molecule is CCC(CC)(CN)C(=O)Nc1ccn(CCc2ccncc2)n1.Cl.Cl. The van der Waals surface area contributed by atoms with Crippen molar-refractivity contribution in [2.24, 2.45) is 11.1 Å². The predicted octanol–water partition coefficient (Wildman–Crippen LogP) is 3.07. The maximum absolute atomic E-state index is 12.5. The van der Waals surface area contributed by atoms with Crippen molar-refractivity contribution in [3.8, 4) is 0 Å². The highest BCUT2D eigenvalue weighted by Gasteiger charge is 2.33. The summed E-state index contributed by atoms with van der Waals surface area (Å²) in [5, 5.41) is 7.30. The van der Waals surface area contributed by atoms with Gasteiger partial charge in [-0.1, -0.05) is 13.8 Å². The maximum Gasteiger partial charge on any atom is 0.233 e. The molecule has 1 amide bonds. The van der Waals surface area contributed by atoms with Crippen LogP contribution in [0.4, 0.5) is 5.82 Å². The summed E-state index contributed by atoms with van der Waals surface area (Å²) in [5.74, 6) is 0.522. The van der Waals surface area contributed by atoms with E-state index in [1.165, 1.54) is 5.56 Å². The number of aryl methyl sites for hydroxylation is 2. The van der Waals surface area contributed by atoms with Crippen LogP contribution in [0.15, 0.2) is 36.8 Å². The van der Waals surface area contributed by atoms with Crippen LogP contribution in [0.2, 0.25) is 0 Å². The molecular weight excluding hydrogens is 361 g/mol. The van der Waals surface area contributed by atoms with Crippen molar-refractivity contribution < 1.29 is 4.79 Å². The van der Waals surface area contributed by atoms with Gasteiger partial charge in [-0.15, -0.1) is 24.8 Å². The summed E-state index contributed by atoms with van der Waals surface area (Å²) in [6.07, 6.45) is 7.74. The molecular formula is C17H27Cl2N5O. The Balaban J connectivity index is 0.00000288. The van der Waals surface area contributed by atoms with Crippen LogP contribution in [-0.4, -0.2) is 27.2 Å². The highest BCUT2D eigenvalue weighted by atomic mass is 35.5. The lowest BCUT2D eigenvalue weighted by Gasteiger charge is -2.27. The zero-order valence-corrected chi connectivity index (χ0v) is 16.3. The van der Waals surface area contributed by atoms with Gasteiger partial charge in [0, 0.05) is 37.7 Å². The summed E-state index contributed by atoms with van der Waals surface area (Å²) in [6.45, 7) is 5.07. The third kappa shape index (κ3) is 5.99. The van der Waals surface area contributed by atoms with E-state index in [4.69, 9.17) is 5.73 Å². The second kappa shape index (κ2) is 11.1. The maximum atomic E-state index is 12.5. The third-order valence-electron chi connectivity index (χ3n) is 4.49. The van der Waals surface area contributed by atoms with Gasteiger partial charge in [0.2, 0.25) is 5.91 Å². The number of carbonyl (C=O) groups excluding carboxylic acids is 1. The van der Waals surface area contributed by atoms with E-state index in [1.807, 2.05) is 42.9 Å². The minimum absolute atomic E-state index is 0. The molecule has 2 aromatic heterocycles. The summed E-state index contributed by atoms with van der Waals surface area (Å²) in [7, 11) is 0. The average molecular weight is 388 g/mol. The topological polar surface area (TPSA) is 85.8 Å². The van der Waals surface area contributed by atoms with Gasteiger partial charge < -0.3 is 11.1 Å². The van der Waals surface area contributed by atoms with Crippen LogP contribution in [0, 0.1) is 5.41 Å². The van der Waals surface area contributed by atoms with Gasteiger partial charge in [-0.2, -0.15) is 5.10 Å². The van der Waals surface area contributed by atoms with Crippen molar-refractivity contribution >= 4 is 36.5 Å². The van der Waals surface area contributed by atoms with E-state index in [1.54, 1.807) is 12.4 Å². The first-order valence-electron chi connectivity index (χ1n) is 8.07. The number of nitrogens with one attached hydrogen (secondary N) is 1. The van der Waals surface area contributed by atoms with Gasteiger partial charge in [-0.3, -0.25) is 14.5 Å². The highest BCUT2D eigenvalue weighted by Crippen LogP contribution is 2.26. The fourth-order valence-electron chi connectivity index (χ4n) is 2.55. The Morgan fingerprint density at radius 2 is 1.84 bits per heavy atom. The van der Waals surface area contributed by atoms with E-state index in [-0.39, 0.29) is 30.7 Å². The van der Waals surface area contributed by atoms with Gasteiger partial charge in [-0.05, 0) is 37.0 Å². The molecule has 140 valence electrons. The van der Waals surface area contributed by atoms with E-state index in [0.717, 1.165) is 13.0 Å². The zero-order valence-electron chi connectivity index (χ0n) is 14.6. The quantitative estimate of drug-likeness (QED) is 0.728. The monoisotopic (exact) mass is 387 g/mol. The van der Waals surface area contributed by atoms with E-state index < -0.39 is 5.41 Å². The Morgan fingerprint density at radius 1 is 1.20 bits per heavy atom. The molecule has 8 heteroatoms. The van der Waals surface area contributed by atoms with Crippen LogP contribution in [0.3, 0.4) is 0 Å². The standard InChI is InChI=1S/C17H25N5O.2ClH/c1-3-17(4-2,13-18)16(23)20-15-8-12-22(21-15)11-7-14-5-9-19-10-6-14;;/h5-6,8-10,12H,3-4,7,11,13,18H2,1-2H3,(H,20,21,23);2*1H. The second-order valence-corrected chi connectivity index (χ2v) is 5.72. The van der Waals surface area contributed by atoms with Gasteiger partial charge in [0.25, 0.3) is 0 Å². The van der Waals surface area contributed by atoms with Crippen molar-refractivity contribution in [1.29, 1.82) is 0 Å². The normalized spacial score (nSPS) is 10.5. The molecule has 3 N–H and O–H groups in total. The van der Waals surface area contributed by atoms with Crippen molar-refractivity contribution in [3.05, 3.63) is 42.4 Å². The van der Waals surface area contributed by atoms with Gasteiger partial charge in [0.05, 0.1) is 5.41 Å². The Labute approximate surface area is 161 Å². The number of nitrogens with zero attached hydrogens (tertiary/aromatic N) is 3. The Kier molecular flexibility index (Phi) is 10.4. The molecule has 2 heterocycles. The molecule has 0 fully saturated rings. The molecule has 0 radical (unpaired) electrons. The van der Waals surface area contributed by atoms with Crippen molar-refractivity contribution in [2.45, 2.75) is 39.7 Å². The van der Waals surface area contributed by atoms with Crippen LogP contribution in [0.1, 0.15) is 32.3 Å². The van der Waals surface area contributed by atoms with Gasteiger partial charge >= 0.3 is 0 Å². The van der Waals surface area contributed by atoms with Gasteiger partial charge in [0.1, 0.15) is 0 Å². The molecule has 2 rings (SSSR count). The minimum atomic E-state index is -0.513. The van der Waals surface area contributed by atoms with Crippen molar-refractivity contribution in [2.75, 3.05) is 11.9 Å². The summed E-state index contributed by atoms with van der Waals surface area (Å²) >= 11 is 0. The lowest BCUT2D eigenvalue weighted by molar-refractivity contribution is -0.125. The number of anilines is 1. The van der Waals surface area contributed by atoms with Gasteiger partial charge in [-0.25, -0.2) is 0 Å². The fourth-order valence-corrected chi connectivity index (χ4v) is 2.55. The molecule has 2 aromatic rings. The first-order chi connectivity index (χ1) is 11.1. The number of carbonyl (C=O) groups is 1. The fraction of sp³-hybridized carbons (Fsp3) is 0.471. The van der Waals surface area contributed by atoms with Crippen molar-refractivity contribution in [1.82, 2.24) is 14.8 Å². The number of pyridine rings is 1. The molecule has 0 aliphatic carbocycles. The molecule has 0 atom stereocenters. The van der Waals surface area contributed by atoms with E-state index in [0.29, 0.717) is 25.2 Å². The number of amides is 1. The van der Waals surface area contributed by atoms with E-state index >= 15 is 0 Å². The Hall–Kier alpha value is -1.63. The lowest BCUT2D eigenvalue weighted by Crippen LogP contribution is -2.41. The minimum Gasteiger partial charge on any atom is -0.329 e. The van der Waals surface area contributed by atoms with Crippen LogP contribution < -0.4 is 11.1 Å². The average Bonchev–Trinajstić information content (AvgIpc) is 3.03. The van der Waals surface area contributed by atoms with Gasteiger partial charge in [0.15, 0.2) is 5.82 Å². The molecule has 0 bridgehead atoms. The Bertz CT molecular complexity index is 621. The summed E-state index contributed by atoms with van der Waals surface area (Å²) in [4.78, 5) is 16.5. The highest BCUT2D eigenvalue weighted by molar-refractivity contribution is 5.94. The number of nitrogens with two attached hydrogens (primary N) is 1. The number of aromatic nitrogens is 3. The first-order valence-corrected chi connectivity index (χ1v) is 8.07. The molecule has 0 aliphatic heterocycles. The second-order valence-electron chi connectivity index (χ2n) is 5.72. The first kappa shape index (κ1) is 23.4. The molecule has 0 aliphatic rings. The third-order valence-corrected chi connectivity index (χ3v) is 4.49. The molecule has 0 saturated carbocycles. The van der Waals surface area contributed by atoms with Crippen LogP contribution in [0.25, 0.3) is 0 Å². The molecule has 0 unspecified atom stereocenters. The number of rotatable bonds is 8. The Morgan fingerprint density at radius 3 is 2.40 bits per heavy atom. The summed E-state index contributed by atoms with van der Waals surface area (Å²) < 4.78 is 1.83. The number of hydrogen-bond donors (Lipinski definition) is 2. The van der Waals surface area contributed by atoms with E-state index in [2.05, 4.69) is 15.4 Å². The summed E-state index contributed by atoms with van der Waals surface area (Å²) in [5.41, 5.74) is 6.50.